The van der Waals surface area contributed by atoms with Crippen molar-refractivity contribution in [3.63, 3.8) is 0 Å². The Balaban J connectivity index is 1.84. The second-order valence-electron chi connectivity index (χ2n) is 4.80. The predicted octanol–water partition coefficient (Wildman–Crippen LogP) is -0.0254. The summed E-state index contributed by atoms with van der Waals surface area (Å²) in [5, 5.41) is 10.0. The first-order valence-electron chi connectivity index (χ1n) is 6.63. The number of anilines is 1. The highest BCUT2D eigenvalue weighted by atomic mass is 32.2. The Kier molecular flexibility index (Phi) is 5.16. The van der Waals surface area contributed by atoms with Crippen molar-refractivity contribution in [3.05, 3.63) is 36.0 Å². The second-order valence-corrected chi connectivity index (χ2v) is 6.55. The van der Waals surface area contributed by atoms with Gasteiger partial charge in [-0.3, -0.25) is 9.52 Å². The molecule has 23 heavy (non-hydrogen) atoms. The predicted molar refractivity (Wildman–Crippen MR) is 83.3 cm³/mol. The second kappa shape index (κ2) is 7.09. The van der Waals surface area contributed by atoms with Gasteiger partial charge in [-0.25, -0.2) is 13.1 Å². The van der Waals surface area contributed by atoms with Crippen molar-refractivity contribution in [2.75, 3.05) is 18.1 Å². The summed E-state index contributed by atoms with van der Waals surface area (Å²) >= 11 is 0. The Morgan fingerprint density at radius 2 is 2.00 bits per heavy atom. The number of sulfonamides is 1. The summed E-state index contributed by atoms with van der Waals surface area (Å²) in [4.78, 5) is 11.8. The number of carbonyl (C=O) groups excluding carboxylic acids is 1. The van der Waals surface area contributed by atoms with E-state index in [1.165, 1.54) is 10.9 Å². The lowest BCUT2D eigenvalue weighted by molar-refractivity contribution is -0.122. The first-order chi connectivity index (χ1) is 10.9. The van der Waals surface area contributed by atoms with Crippen LogP contribution in [0.2, 0.25) is 0 Å². The van der Waals surface area contributed by atoms with Gasteiger partial charge in [0, 0.05) is 6.54 Å². The third kappa shape index (κ3) is 5.58. The number of amides is 1. The number of hydrogen-bond acceptors (Lipinski definition) is 6. The van der Waals surface area contributed by atoms with E-state index in [9.17, 15) is 13.2 Å². The number of nitrogens with zero attached hydrogens (tertiary/aromatic N) is 3. The zero-order valence-corrected chi connectivity index (χ0v) is 13.5. The molecule has 2 aromatic rings. The molecule has 1 aromatic heterocycles. The van der Waals surface area contributed by atoms with Crippen LogP contribution in [0.3, 0.4) is 0 Å². The summed E-state index contributed by atoms with van der Waals surface area (Å²) in [5.41, 5.74) is 0.928. The standard InChI is InChI=1S/C13H17N5O4S/c1-22-11-5-3-10(4-6-11)7-14-13(19)9-18-8-12(15-17-18)16-23(2,20)21/h3-6,8,16H,7,9H2,1-2H3,(H,14,19). The van der Waals surface area contributed by atoms with Gasteiger partial charge in [-0.2, -0.15) is 0 Å². The van der Waals surface area contributed by atoms with Gasteiger partial charge < -0.3 is 10.1 Å². The smallest absolute Gasteiger partial charge is 0.242 e. The van der Waals surface area contributed by atoms with Crippen molar-refractivity contribution in [2.45, 2.75) is 13.1 Å². The summed E-state index contributed by atoms with van der Waals surface area (Å²) in [7, 11) is -1.84. The Morgan fingerprint density at radius 1 is 1.30 bits per heavy atom. The molecule has 0 bridgehead atoms. The molecule has 0 aliphatic carbocycles. The van der Waals surface area contributed by atoms with Gasteiger partial charge in [-0.05, 0) is 17.7 Å². The maximum atomic E-state index is 11.8. The molecule has 2 rings (SSSR count). The van der Waals surface area contributed by atoms with E-state index < -0.39 is 10.0 Å². The van der Waals surface area contributed by atoms with Crippen molar-refractivity contribution in [3.8, 4) is 5.75 Å². The number of methoxy groups -OCH3 is 1. The van der Waals surface area contributed by atoms with Crippen molar-refractivity contribution < 1.29 is 17.9 Å². The van der Waals surface area contributed by atoms with Crippen LogP contribution in [0.25, 0.3) is 0 Å². The van der Waals surface area contributed by atoms with Gasteiger partial charge in [0.1, 0.15) is 12.3 Å². The number of ether oxygens (including phenoxy) is 1. The summed E-state index contributed by atoms with van der Waals surface area (Å²) in [6.45, 7) is 0.306. The number of rotatable bonds is 7. The van der Waals surface area contributed by atoms with Crippen molar-refractivity contribution in [2.24, 2.45) is 0 Å². The third-order valence-electron chi connectivity index (χ3n) is 2.78. The molecule has 0 spiro atoms. The minimum atomic E-state index is -3.42. The van der Waals surface area contributed by atoms with Crippen molar-refractivity contribution in [1.82, 2.24) is 20.3 Å². The summed E-state index contributed by atoms with van der Waals surface area (Å²) < 4.78 is 30.6. The number of carbonyl (C=O) groups is 1. The lowest BCUT2D eigenvalue weighted by atomic mass is 10.2. The zero-order valence-electron chi connectivity index (χ0n) is 12.7. The zero-order chi connectivity index (χ0) is 16.9. The molecule has 0 unspecified atom stereocenters. The molecule has 10 heteroatoms. The molecule has 0 saturated carbocycles. The maximum Gasteiger partial charge on any atom is 0.242 e. The van der Waals surface area contributed by atoms with Crippen LogP contribution < -0.4 is 14.8 Å². The minimum Gasteiger partial charge on any atom is -0.497 e. The molecule has 1 amide bonds. The van der Waals surface area contributed by atoms with E-state index in [4.69, 9.17) is 4.74 Å². The van der Waals surface area contributed by atoms with Crippen LogP contribution in [-0.2, 0) is 27.9 Å². The molecular weight excluding hydrogens is 322 g/mol. The maximum absolute atomic E-state index is 11.8. The molecule has 0 saturated heterocycles. The van der Waals surface area contributed by atoms with Gasteiger partial charge in [0.05, 0.1) is 19.6 Å². The molecule has 0 fully saturated rings. The topological polar surface area (TPSA) is 115 Å². The highest BCUT2D eigenvalue weighted by molar-refractivity contribution is 7.92. The van der Waals surface area contributed by atoms with E-state index in [0.717, 1.165) is 17.6 Å². The highest BCUT2D eigenvalue weighted by Crippen LogP contribution is 2.10. The monoisotopic (exact) mass is 339 g/mol. The lowest BCUT2D eigenvalue weighted by Gasteiger charge is -2.06. The molecular formula is C13H17N5O4S. The molecule has 0 atom stereocenters. The molecule has 0 aliphatic rings. The van der Waals surface area contributed by atoms with Gasteiger partial charge in [-0.1, -0.05) is 17.3 Å². The molecule has 1 heterocycles. The van der Waals surface area contributed by atoms with Crippen LogP contribution in [0.5, 0.6) is 5.75 Å². The van der Waals surface area contributed by atoms with Crippen LogP contribution in [0.15, 0.2) is 30.5 Å². The van der Waals surface area contributed by atoms with Crippen LogP contribution in [0.1, 0.15) is 5.56 Å². The Hall–Kier alpha value is -2.62. The van der Waals surface area contributed by atoms with E-state index in [0.29, 0.717) is 6.54 Å². The number of nitrogens with one attached hydrogen (secondary N) is 2. The number of hydrogen-bond donors (Lipinski definition) is 2. The third-order valence-corrected chi connectivity index (χ3v) is 3.36. The first-order valence-corrected chi connectivity index (χ1v) is 8.52. The van der Waals surface area contributed by atoms with E-state index in [-0.39, 0.29) is 18.3 Å². The number of aromatic nitrogens is 3. The molecule has 124 valence electrons. The van der Waals surface area contributed by atoms with E-state index in [1.807, 2.05) is 24.3 Å². The highest BCUT2D eigenvalue weighted by Gasteiger charge is 2.09. The molecule has 9 nitrogen and oxygen atoms in total. The quantitative estimate of drug-likeness (QED) is 0.732. The Labute approximate surface area is 133 Å². The normalized spacial score (nSPS) is 11.0. The van der Waals surface area contributed by atoms with Crippen molar-refractivity contribution in [1.29, 1.82) is 0 Å². The average Bonchev–Trinajstić information content (AvgIpc) is 2.90. The van der Waals surface area contributed by atoms with Gasteiger partial charge in [0.15, 0.2) is 5.82 Å². The van der Waals surface area contributed by atoms with Gasteiger partial charge in [0.25, 0.3) is 0 Å². The fourth-order valence-corrected chi connectivity index (χ4v) is 2.23. The van der Waals surface area contributed by atoms with E-state index >= 15 is 0 Å². The van der Waals surface area contributed by atoms with Crippen LogP contribution in [0.4, 0.5) is 5.82 Å². The summed E-state index contributed by atoms with van der Waals surface area (Å²) in [6.07, 6.45) is 2.35. The van der Waals surface area contributed by atoms with Crippen molar-refractivity contribution >= 4 is 21.7 Å². The SMILES string of the molecule is COc1ccc(CNC(=O)Cn2cc(NS(C)(=O)=O)nn2)cc1. The van der Waals surface area contributed by atoms with Crippen LogP contribution >= 0.6 is 0 Å². The fraction of sp³-hybridized carbons (Fsp3) is 0.308. The van der Waals surface area contributed by atoms with Gasteiger partial charge in [-0.15, -0.1) is 5.10 Å². The first kappa shape index (κ1) is 16.7. The van der Waals surface area contributed by atoms with Crippen LogP contribution in [0, 0.1) is 0 Å². The average molecular weight is 339 g/mol. The Bertz CT molecular complexity index is 770. The number of benzene rings is 1. The molecule has 0 aliphatic heterocycles. The van der Waals surface area contributed by atoms with E-state index in [2.05, 4.69) is 20.4 Å². The summed E-state index contributed by atoms with van der Waals surface area (Å²) in [5.74, 6) is 0.542. The van der Waals surface area contributed by atoms with E-state index in [1.54, 1.807) is 7.11 Å². The lowest BCUT2D eigenvalue weighted by Crippen LogP contribution is -2.27. The Morgan fingerprint density at radius 3 is 2.61 bits per heavy atom. The minimum absolute atomic E-state index is 0.0609. The summed E-state index contributed by atoms with van der Waals surface area (Å²) in [6, 6.07) is 7.31. The fourth-order valence-electron chi connectivity index (χ4n) is 1.76. The largest absolute Gasteiger partial charge is 0.497 e. The molecule has 2 N–H and O–H groups in total. The van der Waals surface area contributed by atoms with Gasteiger partial charge >= 0.3 is 0 Å². The molecule has 0 radical (unpaired) electrons. The van der Waals surface area contributed by atoms with Gasteiger partial charge in [0.2, 0.25) is 15.9 Å². The molecule has 1 aromatic carbocycles. The van der Waals surface area contributed by atoms with Crippen LogP contribution in [-0.4, -0.2) is 42.7 Å².